The average Bonchev–Trinajstić information content (AvgIpc) is 3.49. The molecule has 0 N–H and O–H groups in total. The monoisotopic (exact) mass is 643 g/mol. The maximum absolute atomic E-state index is 14.0. The summed E-state index contributed by atoms with van der Waals surface area (Å²) in [5.74, 6) is -0.937. The zero-order valence-electron chi connectivity index (χ0n) is 26.0. The molecule has 0 bridgehead atoms. The van der Waals surface area contributed by atoms with Crippen LogP contribution in [0.25, 0.3) is 28.2 Å². The van der Waals surface area contributed by atoms with Crippen molar-refractivity contribution in [3.63, 3.8) is 0 Å². The summed E-state index contributed by atoms with van der Waals surface area (Å²) in [7, 11) is -2.55. The molecule has 1 heterocycles. The second kappa shape index (κ2) is 14.0. The van der Waals surface area contributed by atoms with E-state index < -0.39 is 22.0 Å². The highest BCUT2D eigenvalue weighted by molar-refractivity contribution is 7.93. The van der Waals surface area contributed by atoms with Gasteiger partial charge in [0.05, 0.1) is 22.9 Å². The molecule has 0 fully saturated rings. The number of aromatic nitrogens is 2. The molecule has 2 unspecified atom stereocenters. The number of esters is 1. The van der Waals surface area contributed by atoms with Crippen LogP contribution in [-0.2, 0) is 32.4 Å². The van der Waals surface area contributed by atoms with Crippen LogP contribution in [0.5, 0.6) is 0 Å². The van der Waals surface area contributed by atoms with Crippen molar-refractivity contribution in [3.8, 4) is 22.5 Å². The van der Waals surface area contributed by atoms with Gasteiger partial charge in [-0.3, -0.25) is 4.79 Å². The summed E-state index contributed by atoms with van der Waals surface area (Å²) in [5, 5.41) is 5.63. The van der Waals surface area contributed by atoms with E-state index >= 15 is 0 Å². The Hall–Kier alpha value is -3.98. The van der Waals surface area contributed by atoms with Gasteiger partial charge in [-0.05, 0) is 73.6 Å². The Morgan fingerprint density at radius 1 is 0.978 bits per heavy atom. The summed E-state index contributed by atoms with van der Waals surface area (Å²) in [6, 6.07) is 26.4. The third-order valence-corrected chi connectivity index (χ3v) is 10.6. The lowest BCUT2D eigenvalue weighted by Crippen LogP contribution is -2.45. The number of ether oxygens (including phenoxy) is 1. The van der Waals surface area contributed by atoms with Crippen molar-refractivity contribution in [2.75, 3.05) is 13.7 Å². The van der Waals surface area contributed by atoms with Crippen molar-refractivity contribution in [2.24, 2.45) is 5.92 Å². The first-order valence-corrected chi connectivity index (χ1v) is 17.0. The van der Waals surface area contributed by atoms with Gasteiger partial charge in [0, 0.05) is 28.9 Å². The highest BCUT2D eigenvalue weighted by Crippen LogP contribution is 2.37. The molecule has 7 nitrogen and oxygen atoms in total. The Morgan fingerprint density at radius 2 is 1.64 bits per heavy atom. The van der Waals surface area contributed by atoms with Crippen molar-refractivity contribution in [3.05, 3.63) is 118 Å². The van der Waals surface area contributed by atoms with E-state index in [4.69, 9.17) is 21.4 Å². The van der Waals surface area contributed by atoms with Crippen LogP contribution in [0, 0.1) is 5.92 Å². The van der Waals surface area contributed by atoms with Crippen LogP contribution in [0.2, 0.25) is 5.02 Å². The molecular weight excluding hydrogens is 606 g/mol. The molecule has 0 saturated heterocycles. The number of aryl methyl sites for hydroxylation is 1. The lowest BCUT2D eigenvalue weighted by atomic mass is 9.99. The van der Waals surface area contributed by atoms with Gasteiger partial charge in [0.15, 0.2) is 0 Å². The number of benzene rings is 3. The predicted molar refractivity (Wildman–Crippen MR) is 181 cm³/mol. The zero-order chi connectivity index (χ0) is 32.1. The van der Waals surface area contributed by atoms with Crippen LogP contribution in [-0.4, -0.2) is 48.2 Å². The normalized spacial score (nSPS) is 15.8. The Kier molecular flexibility index (Phi) is 10.1. The minimum atomic E-state index is -4.00. The van der Waals surface area contributed by atoms with Crippen LogP contribution in [0.4, 0.5) is 0 Å². The van der Waals surface area contributed by atoms with Gasteiger partial charge in [-0.1, -0.05) is 92.2 Å². The molecule has 9 heteroatoms. The number of nitrogens with zero attached hydrogens (tertiary/aromatic N) is 3. The summed E-state index contributed by atoms with van der Waals surface area (Å²) < 4.78 is 36.4. The van der Waals surface area contributed by atoms with Crippen LogP contribution < -0.4 is 0 Å². The quantitative estimate of drug-likeness (QED) is 0.157. The number of rotatable bonds is 11. The lowest BCUT2D eigenvalue weighted by molar-refractivity contribution is -0.147. The molecule has 1 aliphatic rings. The number of allylic oxidation sites excluding steroid dienone is 4. The lowest BCUT2D eigenvalue weighted by Gasteiger charge is -2.30. The van der Waals surface area contributed by atoms with E-state index in [1.807, 2.05) is 78.3 Å². The molecule has 1 aliphatic carbocycles. The largest absolute Gasteiger partial charge is 0.465 e. The number of hydrogen-bond donors (Lipinski definition) is 0. The van der Waals surface area contributed by atoms with Gasteiger partial charge in [-0.2, -0.15) is 9.40 Å². The van der Waals surface area contributed by atoms with E-state index in [9.17, 15) is 13.2 Å². The first-order chi connectivity index (χ1) is 21.6. The predicted octanol–water partition coefficient (Wildman–Crippen LogP) is 7.63. The fraction of sp³-hybridized carbons (Fsp3) is 0.278. The van der Waals surface area contributed by atoms with Crippen molar-refractivity contribution in [1.29, 1.82) is 0 Å². The maximum Gasteiger partial charge on any atom is 0.324 e. The summed E-state index contributed by atoms with van der Waals surface area (Å²) in [5.41, 5.74) is 6.58. The number of carbonyl (C=O) groups excluding carboxylic acids is 1. The van der Waals surface area contributed by atoms with Crippen LogP contribution >= 0.6 is 11.6 Å². The fourth-order valence-corrected chi connectivity index (χ4v) is 7.36. The van der Waals surface area contributed by atoms with Crippen LogP contribution in [0.1, 0.15) is 38.3 Å². The second-order valence-electron chi connectivity index (χ2n) is 11.2. The van der Waals surface area contributed by atoms with E-state index in [0.29, 0.717) is 11.4 Å². The molecule has 0 saturated carbocycles. The fourth-order valence-electron chi connectivity index (χ4n) is 5.57. The Bertz CT molecular complexity index is 1810. The maximum atomic E-state index is 14.0. The molecule has 2 atom stereocenters. The molecule has 45 heavy (non-hydrogen) atoms. The molecule has 0 radical (unpaired) electrons. The smallest absolute Gasteiger partial charge is 0.324 e. The molecule has 234 valence electrons. The van der Waals surface area contributed by atoms with Gasteiger partial charge in [0.2, 0.25) is 10.0 Å². The highest BCUT2D eigenvalue weighted by atomic mass is 35.5. The van der Waals surface area contributed by atoms with E-state index in [-0.39, 0.29) is 23.9 Å². The number of halogens is 1. The van der Waals surface area contributed by atoms with Crippen molar-refractivity contribution in [1.82, 2.24) is 14.1 Å². The van der Waals surface area contributed by atoms with E-state index in [1.54, 1.807) is 13.0 Å². The Balaban J connectivity index is 1.52. The summed E-state index contributed by atoms with van der Waals surface area (Å²) in [4.78, 5) is 13.3. The average molecular weight is 644 g/mol. The molecule has 0 amide bonds. The molecule has 3 aromatic carbocycles. The summed E-state index contributed by atoms with van der Waals surface area (Å²) >= 11 is 6.14. The van der Waals surface area contributed by atoms with Gasteiger partial charge in [-0.15, -0.1) is 0 Å². The van der Waals surface area contributed by atoms with E-state index in [1.165, 1.54) is 12.6 Å². The van der Waals surface area contributed by atoms with Crippen LogP contribution in [0.3, 0.4) is 0 Å². The number of sulfonamides is 1. The number of carbonyl (C=O) groups is 1. The van der Waals surface area contributed by atoms with Crippen molar-refractivity contribution >= 4 is 33.3 Å². The highest BCUT2D eigenvalue weighted by Gasteiger charge is 2.38. The topological polar surface area (TPSA) is 81.5 Å². The van der Waals surface area contributed by atoms with Crippen LogP contribution in [0.15, 0.2) is 102 Å². The Morgan fingerprint density at radius 3 is 2.27 bits per heavy atom. The SMILES string of the molecule is CCOC(=O)C(Cc1ccccc1)N(C)S(=O)(=O)C1=CC=C(n2nc(-c3ccc(Cl)cc3)cc2-c2ccc(CC)cc2)CC1C. The molecule has 0 aliphatic heterocycles. The summed E-state index contributed by atoms with van der Waals surface area (Å²) in [6.45, 7) is 5.89. The minimum Gasteiger partial charge on any atom is -0.465 e. The zero-order valence-corrected chi connectivity index (χ0v) is 27.6. The second-order valence-corrected chi connectivity index (χ2v) is 13.6. The standard InChI is InChI=1S/C36H38ClN3O4S/c1-5-26-12-14-29(15-13-26)33-24-32(28-16-18-30(37)19-17-28)38-40(33)31-20-21-35(25(3)22-31)45(42,43)39(4)34(36(41)44-6-2)23-27-10-8-7-9-11-27/h7-21,24-25,34H,5-6,22-23H2,1-4H3. The number of likely N-dealkylation sites (N-methyl/N-ethyl adjacent to an activating group) is 1. The van der Waals surface area contributed by atoms with Gasteiger partial charge in [0.25, 0.3) is 0 Å². The van der Waals surface area contributed by atoms with Gasteiger partial charge >= 0.3 is 5.97 Å². The van der Waals surface area contributed by atoms with E-state index in [0.717, 1.165) is 44.5 Å². The van der Waals surface area contributed by atoms with E-state index in [2.05, 4.69) is 31.2 Å². The molecule has 5 rings (SSSR count). The molecule has 0 spiro atoms. The minimum absolute atomic E-state index is 0.161. The van der Waals surface area contributed by atoms with Gasteiger partial charge < -0.3 is 4.74 Å². The van der Waals surface area contributed by atoms with Gasteiger partial charge in [0.1, 0.15) is 6.04 Å². The Labute approximate surface area is 270 Å². The van der Waals surface area contributed by atoms with Gasteiger partial charge in [-0.25, -0.2) is 13.1 Å². The van der Waals surface area contributed by atoms with Crippen molar-refractivity contribution < 1.29 is 17.9 Å². The number of hydrogen-bond acceptors (Lipinski definition) is 5. The first kappa shape index (κ1) is 32.4. The van der Waals surface area contributed by atoms with Crippen molar-refractivity contribution in [2.45, 2.75) is 46.1 Å². The molecule has 1 aromatic heterocycles. The first-order valence-electron chi connectivity index (χ1n) is 15.2. The summed E-state index contributed by atoms with van der Waals surface area (Å²) in [6.07, 6.45) is 5.05. The third kappa shape index (κ3) is 7.14. The molecular formula is C36H38ClN3O4S. The molecule has 4 aromatic rings. The third-order valence-electron chi connectivity index (χ3n) is 8.17.